The maximum atomic E-state index is 11.6. The van der Waals surface area contributed by atoms with Crippen molar-refractivity contribution in [1.82, 2.24) is 4.90 Å². The molecular formula is C15H17Cl2NO2. The molecule has 2 fully saturated rings. The van der Waals surface area contributed by atoms with Gasteiger partial charge in [-0.3, -0.25) is 9.69 Å². The Hall–Kier alpha value is -0.770. The van der Waals surface area contributed by atoms with Gasteiger partial charge in [0, 0.05) is 29.7 Å². The summed E-state index contributed by atoms with van der Waals surface area (Å²) in [5.41, 5.74) is 0.482. The Bertz CT molecular complexity index is 549. The van der Waals surface area contributed by atoms with Gasteiger partial charge < -0.3 is 5.11 Å². The molecule has 0 spiro atoms. The number of carbonyl (C=O) groups is 1. The Morgan fingerprint density at radius 2 is 2.25 bits per heavy atom. The first-order chi connectivity index (χ1) is 9.51. The average Bonchev–Trinajstić information content (AvgIpc) is 2.90. The van der Waals surface area contributed by atoms with E-state index >= 15 is 0 Å². The topological polar surface area (TPSA) is 40.5 Å². The lowest BCUT2D eigenvalue weighted by Gasteiger charge is -2.23. The molecule has 1 aliphatic heterocycles. The fraction of sp³-hybridized carbons (Fsp3) is 0.533. The number of hydrogen-bond acceptors (Lipinski definition) is 2. The fourth-order valence-corrected chi connectivity index (χ4v) is 4.22. The molecule has 0 radical (unpaired) electrons. The van der Waals surface area contributed by atoms with E-state index in [0.29, 0.717) is 23.1 Å². The molecule has 20 heavy (non-hydrogen) atoms. The smallest absolute Gasteiger partial charge is 0.311 e. The highest BCUT2D eigenvalue weighted by atomic mass is 35.5. The Morgan fingerprint density at radius 1 is 1.45 bits per heavy atom. The van der Waals surface area contributed by atoms with Crippen LogP contribution in [-0.4, -0.2) is 29.1 Å². The summed E-state index contributed by atoms with van der Waals surface area (Å²) in [4.78, 5) is 13.9. The van der Waals surface area contributed by atoms with Crippen LogP contribution in [0.4, 0.5) is 0 Å². The zero-order chi connectivity index (χ0) is 14.3. The molecule has 1 aliphatic carbocycles. The summed E-state index contributed by atoms with van der Waals surface area (Å²) >= 11 is 12.1. The summed E-state index contributed by atoms with van der Waals surface area (Å²) in [5.74, 6) is -0.351. The van der Waals surface area contributed by atoms with Crippen LogP contribution in [0.15, 0.2) is 18.2 Å². The molecule has 2 atom stereocenters. The minimum absolute atomic E-state index is 0.283. The molecule has 0 unspecified atom stereocenters. The summed E-state index contributed by atoms with van der Waals surface area (Å²) < 4.78 is 0. The third-order valence-corrected chi connectivity index (χ3v) is 5.36. The van der Waals surface area contributed by atoms with Crippen LogP contribution in [0.1, 0.15) is 24.8 Å². The van der Waals surface area contributed by atoms with Crippen molar-refractivity contribution in [2.45, 2.75) is 25.8 Å². The number of aliphatic carboxylic acids is 1. The van der Waals surface area contributed by atoms with Crippen molar-refractivity contribution in [3.8, 4) is 0 Å². The number of carboxylic acids is 1. The summed E-state index contributed by atoms with van der Waals surface area (Å²) in [6.45, 7) is 2.18. The third kappa shape index (κ3) is 2.32. The van der Waals surface area contributed by atoms with E-state index in [-0.39, 0.29) is 5.92 Å². The molecule has 0 amide bonds. The highest BCUT2D eigenvalue weighted by Gasteiger charge is 2.54. The van der Waals surface area contributed by atoms with Crippen molar-refractivity contribution in [2.24, 2.45) is 11.3 Å². The van der Waals surface area contributed by atoms with Crippen LogP contribution in [0.3, 0.4) is 0 Å². The Kier molecular flexibility index (Phi) is 3.69. The predicted octanol–water partition coefficient (Wildman–Crippen LogP) is 3.68. The Balaban J connectivity index is 1.76. The SMILES string of the molecule is O=C(O)[C@@]12CCC[C@H]1CN(Cc1ccc(Cl)cc1Cl)C2. The molecule has 0 bridgehead atoms. The van der Waals surface area contributed by atoms with Gasteiger partial charge in [-0.25, -0.2) is 0 Å². The number of rotatable bonds is 3. The van der Waals surface area contributed by atoms with Crippen LogP contribution >= 0.6 is 23.2 Å². The standard InChI is InChI=1S/C15H17Cl2NO2/c16-12-4-3-10(13(17)6-12)7-18-8-11-2-1-5-15(11,9-18)14(19)20/h3-4,6,11H,1-2,5,7-9H2,(H,19,20)/t11-,15+/m0/s1. The third-order valence-electron chi connectivity index (χ3n) is 4.78. The molecule has 1 aromatic rings. The van der Waals surface area contributed by atoms with E-state index in [0.717, 1.165) is 31.4 Å². The van der Waals surface area contributed by atoms with E-state index in [9.17, 15) is 9.90 Å². The van der Waals surface area contributed by atoms with Crippen molar-refractivity contribution >= 4 is 29.2 Å². The minimum atomic E-state index is -0.635. The van der Waals surface area contributed by atoms with E-state index in [2.05, 4.69) is 4.90 Å². The number of nitrogens with zero attached hydrogens (tertiary/aromatic N) is 1. The van der Waals surface area contributed by atoms with Crippen molar-refractivity contribution in [3.05, 3.63) is 33.8 Å². The number of benzene rings is 1. The number of likely N-dealkylation sites (tertiary alicyclic amines) is 1. The molecule has 3 rings (SSSR count). The molecule has 5 heteroatoms. The molecule has 1 N–H and O–H groups in total. The minimum Gasteiger partial charge on any atom is -0.481 e. The fourth-order valence-electron chi connectivity index (χ4n) is 3.75. The zero-order valence-electron chi connectivity index (χ0n) is 11.1. The van der Waals surface area contributed by atoms with Crippen LogP contribution < -0.4 is 0 Å². The van der Waals surface area contributed by atoms with Gasteiger partial charge in [-0.15, -0.1) is 0 Å². The lowest BCUT2D eigenvalue weighted by molar-refractivity contribution is -0.149. The lowest BCUT2D eigenvalue weighted by atomic mass is 9.81. The van der Waals surface area contributed by atoms with Crippen LogP contribution in [0, 0.1) is 11.3 Å². The van der Waals surface area contributed by atoms with Crippen molar-refractivity contribution in [1.29, 1.82) is 0 Å². The normalized spacial score (nSPS) is 29.6. The molecule has 2 aliphatic rings. The largest absolute Gasteiger partial charge is 0.481 e. The van der Waals surface area contributed by atoms with Gasteiger partial charge >= 0.3 is 5.97 Å². The monoisotopic (exact) mass is 313 g/mol. The van der Waals surface area contributed by atoms with E-state index < -0.39 is 11.4 Å². The lowest BCUT2D eigenvalue weighted by Crippen LogP contribution is -2.35. The van der Waals surface area contributed by atoms with Gasteiger partial charge in [0.25, 0.3) is 0 Å². The second-order valence-corrected chi connectivity index (χ2v) is 6.80. The van der Waals surface area contributed by atoms with Crippen LogP contribution in [-0.2, 0) is 11.3 Å². The van der Waals surface area contributed by atoms with Crippen molar-refractivity contribution in [3.63, 3.8) is 0 Å². The average molecular weight is 314 g/mol. The quantitative estimate of drug-likeness (QED) is 0.925. The van der Waals surface area contributed by atoms with Gasteiger partial charge in [0.05, 0.1) is 5.41 Å². The number of halogens is 2. The summed E-state index contributed by atoms with van der Waals surface area (Å²) in [5, 5.41) is 10.9. The Labute approximate surface area is 128 Å². The summed E-state index contributed by atoms with van der Waals surface area (Å²) in [6, 6.07) is 5.49. The van der Waals surface area contributed by atoms with Gasteiger partial charge in [0.2, 0.25) is 0 Å². The van der Waals surface area contributed by atoms with Crippen LogP contribution in [0.2, 0.25) is 10.0 Å². The summed E-state index contributed by atoms with van der Waals surface area (Å²) in [6.07, 6.45) is 2.86. The second kappa shape index (κ2) is 5.21. The van der Waals surface area contributed by atoms with Crippen LogP contribution in [0.25, 0.3) is 0 Å². The summed E-state index contributed by atoms with van der Waals surface area (Å²) in [7, 11) is 0. The zero-order valence-corrected chi connectivity index (χ0v) is 12.6. The maximum Gasteiger partial charge on any atom is 0.311 e. The number of carboxylic acid groups (broad SMARTS) is 1. The van der Waals surface area contributed by atoms with E-state index in [4.69, 9.17) is 23.2 Å². The van der Waals surface area contributed by atoms with Gasteiger partial charge in [0.1, 0.15) is 0 Å². The second-order valence-electron chi connectivity index (χ2n) is 5.96. The molecule has 108 valence electrons. The van der Waals surface area contributed by atoms with Gasteiger partial charge in [-0.05, 0) is 36.5 Å². The number of hydrogen-bond donors (Lipinski definition) is 1. The van der Waals surface area contributed by atoms with E-state index in [1.54, 1.807) is 6.07 Å². The highest BCUT2D eigenvalue weighted by molar-refractivity contribution is 6.35. The molecular weight excluding hydrogens is 297 g/mol. The first kappa shape index (κ1) is 14.2. The van der Waals surface area contributed by atoms with E-state index in [1.807, 2.05) is 12.1 Å². The maximum absolute atomic E-state index is 11.6. The Morgan fingerprint density at radius 3 is 2.90 bits per heavy atom. The molecule has 1 aromatic carbocycles. The van der Waals surface area contributed by atoms with Crippen molar-refractivity contribution < 1.29 is 9.90 Å². The molecule has 0 aromatic heterocycles. The molecule has 3 nitrogen and oxygen atoms in total. The van der Waals surface area contributed by atoms with Crippen LogP contribution in [0.5, 0.6) is 0 Å². The van der Waals surface area contributed by atoms with Crippen molar-refractivity contribution in [2.75, 3.05) is 13.1 Å². The van der Waals surface area contributed by atoms with Gasteiger partial charge in [0.15, 0.2) is 0 Å². The first-order valence-corrected chi connectivity index (χ1v) is 7.66. The predicted molar refractivity (Wildman–Crippen MR) is 79.1 cm³/mol. The number of fused-ring (bicyclic) bond motifs is 1. The first-order valence-electron chi connectivity index (χ1n) is 6.91. The van der Waals surface area contributed by atoms with Gasteiger partial charge in [-0.1, -0.05) is 35.7 Å². The highest BCUT2D eigenvalue weighted by Crippen LogP contribution is 2.49. The molecule has 1 saturated carbocycles. The molecule has 1 saturated heterocycles. The van der Waals surface area contributed by atoms with E-state index in [1.165, 1.54) is 0 Å². The van der Waals surface area contributed by atoms with Gasteiger partial charge in [-0.2, -0.15) is 0 Å². The molecule has 1 heterocycles.